The molecule has 1 atom stereocenters. The van der Waals surface area contributed by atoms with Crippen molar-refractivity contribution in [2.75, 3.05) is 13.1 Å². The first-order valence-electron chi connectivity index (χ1n) is 6.77. The number of rotatable bonds is 8. The lowest BCUT2D eigenvalue weighted by molar-refractivity contribution is -0.121. The summed E-state index contributed by atoms with van der Waals surface area (Å²) in [4.78, 5) is 11.7. The van der Waals surface area contributed by atoms with Crippen LogP contribution < -0.4 is 11.1 Å². The Hall–Kier alpha value is -1.35. The molecule has 1 aromatic rings. The Morgan fingerprint density at radius 1 is 1.33 bits per heavy atom. The van der Waals surface area contributed by atoms with Crippen LogP contribution in [-0.2, 0) is 11.2 Å². The van der Waals surface area contributed by atoms with E-state index < -0.39 is 0 Å². The quantitative estimate of drug-likeness (QED) is 0.740. The Morgan fingerprint density at radius 2 is 2.06 bits per heavy atom. The summed E-state index contributed by atoms with van der Waals surface area (Å²) in [6.45, 7) is 3.58. The average Bonchev–Trinajstić information content (AvgIpc) is 2.42. The van der Waals surface area contributed by atoms with Crippen molar-refractivity contribution in [3.8, 4) is 0 Å². The van der Waals surface area contributed by atoms with Crippen LogP contribution in [0.1, 0.15) is 31.7 Å². The van der Waals surface area contributed by atoms with Crippen LogP contribution in [0.2, 0.25) is 0 Å². The van der Waals surface area contributed by atoms with Gasteiger partial charge in [0.15, 0.2) is 0 Å². The van der Waals surface area contributed by atoms with E-state index >= 15 is 0 Å². The molecule has 0 heterocycles. The fourth-order valence-electron chi connectivity index (χ4n) is 1.94. The number of amides is 1. The number of carbonyl (C=O) groups is 1. The highest BCUT2D eigenvalue weighted by Gasteiger charge is 2.07. The van der Waals surface area contributed by atoms with Gasteiger partial charge in [0.25, 0.3) is 0 Å². The van der Waals surface area contributed by atoms with Gasteiger partial charge in [-0.1, -0.05) is 43.7 Å². The standard InChI is InChI=1S/C15H24N2O/c1-2-13(10-11-16)12-17-15(18)9-8-14-6-4-3-5-7-14/h3-7,13H,2,8-12,16H2,1H3,(H,17,18). The Morgan fingerprint density at radius 3 is 2.67 bits per heavy atom. The van der Waals surface area contributed by atoms with Gasteiger partial charge >= 0.3 is 0 Å². The van der Waals surface area contributed by atoms with E-state index in [4.69, 9.17) is 5.73 Å². The minimum absolute atomic E-state index is 0.134. The Kier molecular flexibility index (Phi) is 7.11. The first-order valence-corrected chi connectivity index (χ1v) is 6.77. The van der Waals surface area contributed by atoms with Crippen LogP contribution in [0.4, 0.5) is 0 Å². The van der Waals surface area contributed by atoms with Crippen LogP contribution in [0, 0.1) is 5.92 Å². The summed E-state index contributed by atoms with van der Waals surface area (Å²) in [5, 5.41) is 2.99. The Balaban J connectivity index is 2.21. The SMILES string of the molecule is CCC(CCN)CNC(=O)CCc1ccccc1. The van der Waals surface area contributed by atoms with Crippen molar-refractivity contribution < 1.29 is 4.79 Å². The van der Waals surface area contributed by atoms with E-state index in [9.17, 15) is 4.79 Å². The molecule has 1 unspecified atom stereocenters. The van der Waals surface area contributed by atoms with Gasteiger partial charge < -0.3 is 11.1 Å². The highest BCUT2D eigenvalue weighted by atomic mass is 16.1. The Bertz CT molecular complexity index is 338. The first-order chi connectivity index (χ1) is 8.76. The van der Waals surface area contributed by atoms with Crippen LogP contribution in [-0.4, -0.2) is 19.0 Å². The van der Waals surface area contributed by atoms with Gasteiger partial charge in [0.1, 0.15) is 0 Å². The van der Waals surface area contributed by atoms with Crippen LogP contribution >= 0.6 is 0 Å². The molecule has 0 fully saturated rings. The molecule has 0 radical (unpaired) electrons. The highest BCUT2D eigenvalue weighted by molar-refractivity contribution is 5.76. The largest absolute Gasteiger partial charge is 0.356 e. The zero-order chi connectivity index (χ0) is 13.2. The minimum atomic E-state index is 0.134. The van der Waals surface area contributed by atoms with Gasteiger partial charge in [-0.25, -0.2) is 0 Å². The number of carbonyl (C=O) groups excluding carboxylic acids is 1. The lowest BCUT2D eigenvalue weighted by Gasteiger charge is -2.14. The maximum absolute atomic E-state index is 11.7. The Labute approximate surface area is 110 Å². The van der Waals surface area contributed by atoms with E-state index in [0.29, 0.717) is 18.9 Å². The predicted octanol–water partition coefficient (Wildman–Crippen LogP) is 2.11. The molecule has 18 heavy (non-hydrogen) atoms. The lowest BCUT2D eigenvalue weighted by atomic mass is 10.0. The monoisotopic (exact) mass is 248 g/mol. The van der Waals surface area contributed by atoms with Crippen molar-refractivity contribution in [1.82, 2.24) is 5.32 Å². The minimum Gasteiger partial charge on any atom is -0.356 e. The molecule has 100 valence electrons. The molecular weight excluding hydrogens is 224 g/mol. The summed E-state index contributed by atoms with van der Waals surface area (Å²) in [6.07, 6.45) is 3.41. The molecule has 0 spiro atoms. The molecule has 0 saturated heterocycles. The van der Waals surface area contributed by atoms with E-state index in [-0.39, 0.29) is 5.91 Å². The predicted molar refractivity (Wildman–Crippen MR) is 75.2 cm³/mol. The van der Waals surface area contributed by atoms with Crippen LogP contribution in [0.25, 0.3) is 0 Å². The van der Waals surface area contributed by atoms with E-state index in [2.05, 4.69) is 24.4 Å². The van der Waals surface area contributed by atoms with Gasteiger partial charge in [-0.05, 0) is 30.9 Å². The van der Waals surface area contributed by atoms with Crippen LogP contribution in [0.5, 0.6) is 0 Å². The zero-order valence-corrected chi connectivity index (χ0v) is 11.2. The molecule has 0 aliphatic carbocycles. The van der Waals surface area contributed by atoms with Gasteiger partial charge in [0.05, 0.1) is 0 Å². The summed E-state index contributed by atoms with van der Waals surface area (Å²) >= 11 is 0. The second kappa shape index (κ2) is 8.70. The van der Waals surface area contributed by atoms with Gasteiger partial charge in [0.2, 0.25) is 5.91 Å². The maximum atomic E-state index is 11.7. The van der Waals surface area contributed by atoms with Crippen molar-refractivity contribution in [1.29, 1.82) is 0 Å². The summed E-state index contributed by atoms with van der Waals surface area (Å²) in [5.74, 6) is 0.644. The van der Waals surface area contributed by atoms with Crippen molar-refractivity contribution in [2.45, 2.75) is 32.6 Å². The zero-order valence-electron chi connectivity index (χ0n) is 11.2. The molecule has 1 rings (SSSR count). The van der Waals surface area contributed by atoms with E-state index in [1.807, 2.05) is 18.2 Å². The summed E-state index contributed by atoms with van der Waals surface area (Å²) < 4.78 is 0. The van der Waals surface area contributed by atoms with Crippen LogP contribution in [0.15, 0.2) is 30.3 Å². The van der Waals surface area contributed by atoms with Crippen LogP contribution in [0.3, 0.4) is 0 Å². The second-order valence-electron chi connectivity index (χ2n) is 4.64. The first kappa shape index (κ1) is 14.7. The highest BCUT2D eigenvalue weighted by Crippen LogP contribution is 2.06. The van der Waals surface area contributed by atoms with Gasteiger partial charge in [-0.2, -0.15) is 0 Å². The smallest absolute Gasteiger partial charge is 0.220 e. The number of aryl methyl sites for hydroxylation is 1. The average molecular weight is 248 g/mol. The normalized spacial score (nSPS) is 12.1. The number of nitrogens with one attached hydrogen (secondary N) is 1. The van der Waals surface area contributed by atoms with E-state index in [0.717, 1.165) is 25.8 Å². The van der Waals surface area contributed by atoms with Crippen molar-refractivity contribution >= 4 is 5.91 Å². The number of benzene rings is 1. The molecule has 1 amide bonds. The summed E-state index contributed by atoms with van der Waals surface area (Å²) in [5.41, 5.74) is 6.74. The fraction of sp³-hybridized carbons (Fsp3) is 0.533. The molecule has 0 aliphatic rings. The number of nitrogens with two attached hydrogens (primary N) is 1. The van der Waals surface area contributed by atoms with Gasteiger partial charge in [-0.15, -0.1) is 0 Å². The third-order valence-electron chi connectivity index (χ3n) is 3.22. The van der Waals surface area contributed by atoms with E-state index in [1.54, 1.807) is 0 Å². The van der Waals surface area contributed by atoms with Crippen molar-refractivity contribution in [2.24, 2.45) is 11.7 Å². The maximum Gasteiger partial charge on any atom is 0.220 e. The molecule has 1 aromatic carbocycles. The summed E-state index contributed by atoms with van der Waals surface area (Å²) in [6, 6.07) is 10.1. The second-order valence-corrected chi connectivity index (χ2v) is 4.64. The fourth-order valence-corrected chi connectivity index (χ4v) is 1.94. The number of hydrogen-bond acceptors (Lipinski definition) is 2. The molecule has 0 aromatic heterocycles. The van der Waals surface area contributed by atoms with E-state index in [1.165, 1.54) is 5.56 Å². The molecular formula is C15H24N2O. The van der Waals surface area contributed by atoms with Crippen molar-refractivity contribution in [3.63, 3.8) is 0 Å². The summed E-state index contributed by atoms with van der Waals surface area (Å²) in [7, 11) is 0. The molecule has 3 nitrogen and oxygen atoms in total. The lowest BCUT2D eigenvalue weighted by Crippen LogP contribution is -2.30. The number of hydrogen-bond donors (Lipinski definition) is 2. The third-order valence-corrected chi connectivity index (χ3v) is 3.22. The molecule has 0 saturated carbocycles. The van der Waals surface area contributed by atoms with Crippen molar-refractivity contribution in [3.05, 3.63) is 35.9 Å². The third kappa shape index (κ3) is 5.82. The molecule has 0 bridgehead atoms. The molecule has 3 heteroatoms. The topological polar surface area (TPSA) is 55.1 Å². The molecule has 3 N–H and O–H groups in total. The van der Waals surface area contributed by atoms with Gasteiger partial charge in [-0.3, -0.25) is 4.79 Å². The van der Waals surface area contributed by atoms with Gasteiger partial charge in [0, 0.05) is 13.0 Å². The molecule has 0 aliphatic heterocycles.